The van der Waals surface area contributed by atoms with Crippen molar-refractivity contribution in [1.82, 2.24) is 0 Å². The highest BCUT2D eigenvalue weighted by atomic mass is 32.2. The molecule has 2 aromatic rings. The van der Waals surface area contributed by atoms with Crippen LogP contribution >= 0.6 is 23.5 Å². The number of ether oxygens (including phenoxy) is 2. The van der Waals surface area contributed by atoms with Gasteiger partial charge in [-0.25, -0.2) is 9.59 Å². The van der Waals surface area contributed by atoms with E-state index in [0.717, 1.165) is 45.3 Å². The fraction of sp³-hybridized carbons (Fsp3) is 0.429. The molecule has 0 saturated carbocycles. The molecule has 0 spiro atoms. The number of thioether (sulfide) groups is 2. The predicted octanol–water partition coefficient (Wildman–Crippen LogP) is 9.58. The van der Waals surface area contributed by atoms with Crippen LogP contribution in [0.15, 0.2) is 64.9 Å². The van der Waals surface area contributed by atoms with Crippen LogP contribution in [0.5, 0.6) is 0 Å². The van der Waals surface area contributed by atoms with Crippen molar-refractivity contribution in [3.05, 3.63) is 66.2 Å². The Morgan fingerprint density at radius 2 is 1.21 bits per heavy atom. The lowest BCUT2D eigenvalue weighted by Gasteiger charge is -2.18. The van der Waals surface area contributed by atoms with Gasteiger partial charge in [-0.3, -0.25) is 0 Å². The van der Waals surface area contributed by atoms with Crippen LogP contribution in [-0.2, 0) is 9.47 Å². The molecule has 0 N–H and O–H groups in total. The molecule has 0 aromatic heterocycles. The number of hydrogen-bond acceptors (Lipinski definition) is 6. The van der Waals surface area contributed by atoms with Crippen LogP contribution in [0.2, 0.25) is 0 Å². The summed E-state index contributed by atoms with van der Waals surface area (Å²) in [6, 6.07) is 15.7. The lowest BCUT2D eigenvalue weighted by Crippen LogP contribution is -2.21. The average Bonchev–Trinajstić information content (AvgIpc) is 2.72. The molecule has 0 aliphatic heterocycles. The van der Waals surface area contributed by atoms with E-state index in [1.165, 1.54) is 5.56 Å². The van der Waals surface area contributed by atoms with Gasteiger partial charge in [0.05, 0.1) is 0 Å². The van der Waals surface area contributed by atoms with E-state index in [1.807, 2.05) is 77.9 Å². The Kier molecular flexibility index (Phi) is 12.0. The van der Waals surface area contributed by atoms with Crippen molar-refractivity contribution in [3.63, 3.8) is 0 Å². The third-order valence-corrected chi connectivity index (χ3v) is 5.87. The van der Waals surface area contributed by atoms with Crippen molar-refractivity contribution in [2.24, 2.45) is 0 Å². The first kappa shape index (κ1) is 29.9. The van der Waals surface area contributed by atoms with Crippen molar-refractivity contribution >= 4 is 40.2 Å². The lowest BCUT2D eigenvalue weighted by atomic mass is 9.99. The minimum absolute atomic E-state index is 0.251. The molecular formula is C28H38O4S2. The number of benzene rings is 2. The van der Waals surface area contributed by atoms with Crippen molar-refractivity contribution in [2.75, 3.05) is 0 Å². The van der Waals surface area contributed by atoms with E-state index in [-0.39, 0.29) is 10.6 Å². The van der Waals surface area contributed by atoms with E-state index >= 15 is 0 Å². The summed E-state index contributed by atoms with van der Waals surface area (Å²) in [5.74, 6) is 0.561. The molecule has 1 unspecified atom stereocenters. The van der Waals surface area contributed by atoms with E-state index in [9.17, 15) is 9.59 Å². The predicted molar refractivity (Wildman–Crippen MR) is 146 cm³/mol. The topological polar surface area (TPSA) is 52.6 Å². The van der Waals surface area contributed by atoms with Crippen LogP contribution in [-0.4, -0.2) is 21.8 Å². The Balaban J connectivity index is 0.000000342. The molecule has 34 heavy (non-hydrogen) atoms. The number of rotatable bonds is 5. The molecule has 0 amide bonds. The molecule has 0 aliphatic rings. The first-order chi connectivity index (χ1) is 15.7. The Labute approximate surface area is 213 Å². The number of hydrogen-bond donors (Lipinski definition) is 0. The summed E-state index contributed by atoms with van der Waals surface area (Å²) < 4.78 is 10.5. The third kappa shape index (κ3) is 12.9. The highest BCUT2D eigenvalue weighted by Crippen LogP contribution is 2.26. The number of carbonyl (C=O) groups is 2. The summed E-state index contributed by atoms with van der Waals surface area (Å²) in [5, 5.41) is -0.530. The van der Waals surface area contributed by atoms with Crippen molar-refractivity contribution < 1.29 is 19.1 Å². The van der Waals surface area contributed by atoms with Gasteiger partial charge in [-0.1, -0.05) is 50.8 Å². The summed E-state index contributed by atoms with van der Waals surface area (Å²) in [6.07, 6.45) is 2.89. The molecule has 0 saturated heterocycles. The maximum atomic E-state index is 11.6. The quantitative estimate of drug-likeness (QED) is 0.300. The second-order valence-corrected chi connectivity index (χ2v) is 11.8. The third-order valence-electron chi connectivity index (χ3n) is 4.36. The van der Waals surface area contributed by atoms with Crippen molar-refractivity contribution in [2.45, 2.75) is 88.7 Å². The van der Waals surface area contributed by atoms with Crippen LogP contribution in [0.4, 0.5) is 9.59 Å². The maximum absolute atomic E-state index is 11.6. The summed E-state index contributed by atoms with van der Waals surface area (Å²) >= 11 is 2.23. The highest BCUT2D eigenvalue weighted by Gasteiger charge is 2.18. The molecule has 186 valence electrons. The maximum Gasteiger partial charge on any atom is 0.372 e. The second kappa shape index (κ2) is 13.6. The summed E-state index contributed by atoms with van der Waals surface area (Å²) in [6.45, 7) is 19.2. The zero-order valence-electron chi connectivity index (χ0n) is 21.6. The van der Waals surface area contributed by atoms with Gasteiger partial charge in [0, 0.05) is 9.79 Å². The molecule has 2 rings (SSSR count). The second-order valence-electron chi connectivity index (χ2n) is 9.78. The zero-order valence-corrected chi connectivity index (χ0v) is 23.3. The molecule has 0 heterocycles. The summed E-state index contributed by atoms with van der Waals surface area (Å²) in [4.78, 5) is 24.9. The van der Waals surface area contributed by atoms with Crippen LogP contribution < -0.4 is 0 Å². The lowest BCUT2D eigenvalue weighted by molar-refractivity contribution is 0.0727. The van der Waals surface area contributed by atoms with Crippen molar-refractivity contribution in [3.8, 4) is 0 Å². The first-order valence-corrected chi connectivity index (χ1v) is 13.0. The fourth-order valence-corrected chi connectivity index (χ4v) is 4.02. The van der Waals surface area contributed by atoms with Gasteiger partial charge in [0.15, 0.2) is 0 Å². The smallest absolute Gasteiger partial charge is 0.372 e. The van der Waals surface area contributed by atoms with Gasteiger partial charge >= 0.3 is 10.6 Å². The molecule has 0 radical (unpaired) electrons. The van der Waals surface area contributed by atoms with Gasteiger partial charge in [0.2, 0.25) is 0 Å². The van der Waals surface area contributed by atoms with Gasteiger partial charge < -0.3 is 9.47 Å². The zero-order chi connectivity index (χ0) is 25.9. The standard InChI is InChI=1S/C15H22O2S.C13H16O2S/c1-6-11(2)12-7-9-13(10-8-12)18-14(16)17-15(3,4)5;1-5-10-6-8-11(9-7-10)16-12(14)15-13(2,3)4/h7-11H,6H2,1-5H3;5-9H,1H2,2-4H3. The van der Waals surface area contributed by atoms with Gasteiger partial charge in [0.25, 0.3) is 0 Å². The highest BCUT2D eigenvalue weighted by molar-refractivity contribution is 8.13. The molecule has 0 bridgehead atoms. The van der Waals surface area contributed by atoms with E-state index < -0.39 is 11.2 Å². The number of carbonyl (C=O) groups excluding carboxylic acids is 2. The minimum atomic E-state index is -0.439. The van der Waals surface area contributed by atoms with Crippen LogP contribution in [0.25, 0.3) is 6.08 Å². The first-order valence-electron chi connectivity index (χ1n) is 11.4. The molecule has 0 fully saturated rings. The fourth-order valence-electron chi connectivity index (χ4n) is 2.51. The van der Waals surface area contributed by atoms with Crippen LogP contribution in [0.1, 0.15) is 78.9 Å². The summed E-state index contributed by atoms with van der Waals surface area (Å²) in [5.41, 5.74) is 1.48. The molecule has 6 heteroatoms. The molecule has 0 aliphatic carbocycles. The van der Waals surface area contributed by atoms with E-state index in [0.29, 0.717) is 5.92 Å². The molecule has 1 atom stereocenters. The Morgan fingerprint density at radius 1 is 0.824 bits per heavy atom. The van der Waals surface area contributed by atoms with E-state index in [2.05, 4.69) is 32.6 Å². The largest absolute Gasteiger partial charge is 0.452 e. The molecule has 2 aromatic carbocycles. The van der Waals surface area contributed by atoms with E-state index in [4.69, 9.17) is 9.47 Å². The Bertz CT molecular complexity index is 921. The Hall–Kier alpha value is -2.18. The normalized spacial score (nSPS) is 12.1. The monoisotopic (exact) mass is 502 g/mol. The van der Waals surface area contributed by atoms with E-state index in [1.54, 1.807) is 6.08 Å². The summed E-state index contributed by atoms with van der Waals surface area (Å²) in [7, 11) is 0. The van der Waals surface area contributed by atoms with Gasteiger partial charge in [-0.05, 0) is 113 Å². The molecule has 4 nitrogen and oxygen atoms in total. The minimum Gasteiger partial charge on any atom is -0.452 e. The average molecular weight is 503 g/mol. The Morgan fingerprint density at radius 3 is 1.53 bits per heavy atom. The van der Waals surface area contributed by atoms with Crippen LogP contribution in [0, 0.1) is 0 Å². The van der Waals surface area contributed by atoms with Gasteiger partial charge in [-0.2, -0.15) is 0 Å². The SMILES string of the molecule is C=Cc1ccc(SC(=O)OC(C)(C)C)cc1.CCC(C)c1ccc(SC(=O)OC(C)(C)C)cc1. The van der Waals surface area contributed by atoms with Crippen molar-refractivity contribution in [1.29, 1.82) is 0 Å². The van der Waals surface area contributed by atoms with Crippen LogP contribution in [0.3, 0.4) is 0 Å². The molecular weight excluding hydrogens is 464 g/mol. The van der Waals surface area contributed by atoms with Gasteiger partial charge in [0.1, 0.15) is 11.2 Å². The van der Waals surface area contributed by atoms with Gasteiger partial charge in [-0.15, -0.1) is 0 Å².